The molecule has 0 aliphatic heterocycles. The van der Waals surface area contributed by atoms with Gasteiger partial charge >= 0.3 is 0 Å². The van der Waals surface area contributed by atoms with E-state index in [9.17, 15) is 4.79 Å². The maximum absolute atomic E-state index is 11.7. The fourth-order valence-electron chi connectivity index (χ4n) is 1.50. The molecule has 0 unspecified atom stereocenters. The molecule has 104 valence electrons. The third-order valence-corrected chi connectivity index (χ3v) is 2.67. The van der Waals surface area contributed by atoms with Gasteiger partial charge in [-0.05, 0) is 18.6 Å². The first kappa shape index (κ1) is 14.3. The summed E-state index contributed by atoms with van der Waals surface area (Å²) < 4.78 is 5.51. The number of amides is 1. The lowest BCUT2D eigenvalue weighted by Crippen LogP contribution is -2.26. The number of rotatable bonds is 6. The van der Waals surface area contributed by atoms with Gasteiger partial charge in [-0.2, -0.15) is 0 Å². The predicted octanol–water partition coefficient (Wildman–Crippen LogP) is 2.33. The van der Waals surface area contributed by atoms with Crippen LogP contribution >= 0.6 is 11.6 Å². The first-order valence-corrected chi connectivity index (χ1v) is 6.57. The third-order valence-electron chi connectivity index (χ3n) is 2.47. The minimum Gasteiger partial charge on any atom is -0.494 e. The van der Waals surface area contributed by atoms with Crippen LogP contribution in [0.5, 0.6) is 5.75 Å². The van der Waals surface area contributed by atoms with Crippen molar-refractivity contribution in [2.24, 2.45) is 0 Å². The number of carbonyl (C=O) groups is 1. The van der Waals surface area contributed by atoms with Gasteiger partial charge in [-0.3, -0.25) is 4.79 Å². The van der Waals surface area contributed by atoms with Crippen LogP contribution in [0.4, 0.5) is 0 Å². The number of carbonyl (C=O) groups excluding carboxylic acids is 1. The number of para-hydroxylation sites is 1. The van der Waals surface area contributed by atoms with Gasteiger partial charge in [0.25, 0.3) is 5.91 Å². The minimum atomic E-state index is -0.270. The molecule has 1 amide bonds. The molecule has 1 N–H and O–H groups in total. The Balaban J connectivity index is 1.66. The molecular formula is C14H14ClN3O2. The first-order chi connectivity index (χ1) is 9.75. The number of hydrogen-bond donors (Lipinski definition) is 1. The van der Waals surface area contributed by atoms with Gasteiger partial charge in [-0.15, -0.1) is 0 Å². The molecule has 5 nitrogen and oxygen atoms in total. The van der Waals surface area contributed by atoms with Crippen molar-refractivity contribution in [3.05, 3.63) is 53.6 Å². The number of aromatic nitrogens is 2. The molecule has 0 aliphatic carbocycles. The zero-order valence-electron chi connectivity index (χ0n) is 10.8. The molecule has 1 aromatic carbocycles. The summed E-state index contributed by atoms with van der Waals surface area (Å²) >= 11 is 5.60. The molecule has 0 saturated carbocycles. The molecular weight excluding hydrogens is 278 g/mol. The van der Waals surface area contributed by atoms with Crippen molar-refractivity contribution in [1.29, 1.82) is 0 Å². The highest BCUT2D eigenvalue weighted by Gasteiger charge is 2.06. The van der Waals surface area contributed by atoms with Gasteiger partial charge in [0.15, 0.2) is 0 Å². The summed E-state index contributed by atoms with van der Waals surface area (Å²) in [7, 11) is 0. The van der Waals surface area contributed by atoms with E-state index in [4.69, 9.17) is 16.3 Å². The highest BCUT2D eigenvalue weighted by atomic mass is 35.5. The molecule has 1 aromatic heterocycles. The van der Waals surface area contributed by atoms with Crippen LogP contribution in [0.15, 0.2) is 42.7 Å². The Morgan fingerprint density at radius 3 is 2.70 bits per heavy atom. The monoisotopic (exact) mass is 291 g/mol. The van der Waals surface area contributed by atoms with Gasteiger partial charge < -0.3 is 10.1 Å². The number of nitrogens with zero attached hydrogens (tertiary/aromatic N) is 2. The zero-order valence-corrected chi connectivity index (χ0v) is 11.5. The van der Waals surface area contributed by atoms with Gasteiger partial charge in [-0.25, -0.2) is 9.97 Å². The van der Waals surface area contributed by atoms with E-state index >= 15 is 0 Å². The van der Waals surface area contributed by atoms with E-state index in [1.54, 1.807) is 0 Å². The molecule has 1 heterocycles. The maximum atomic E-state index is 11.7. The van der Waals surface area contributed by atoms with Crippen LogP contribution in [0.1, 0.15) is 16.9 Å². The van der Waals surface area contributed by atoms with Crippen molar-refractivity contribution in [3.63, 3.8) is 0 Å². The van der Waals surface area contributed by atoms with Crippen molar-refractivity contribution in [1.82, 2.24) is 15.3 Å². The topological polar surface area (TPSA) is 64.1 Å². The molecule has 0 fully saturated rings. The van der Waals surface area contributed by atoms with Crippen molar-refractivity contribution >= 4 is 17.5 Å². The summed E-state index contributed by atoms with van der Waals surface area (Å²) in [6.45, 7) is 1.05. The Bertz CT molecular complexity index is 546. The SMILES string of the molecule is O=C(NCCCOc1ccccc1)c1cnc(Cl)cn1. The molecule has 0 aliphatic rings. The average Bonchev–Trinajstić information content (AvgIpc) is 2.48. The number of ether oxygens (including phenoxy) is 1. The van der Waals surface area contributed by atoms with Gasteiger partial charge in [-0.1, -0.05) is 29.8 Å². The third kappa shape index (κ3) is 4.51. The quantitative estimate of drug-likeness (QED) is 0.830. The largest absolute Gasteiger partial charge is 0.494 e. The van der Waals surface area contributed by atoms with Crippen molar-refractivity contribution < 1.29 is 9.53 Å². The standard InChI is InChI=1S/C14H14ClN3O2/c15-13-10-17-12(9-18-13)14(19)16-7-4-8-20-11-5-2-1-3-6-11/h1-3,5-6,9-10H,4,7-8H2,(H,16,19). The molecule has 2 rings (SSSR count). The Morgan fingerprint density at radius 1 is 1.20 bits per heavy atom. The summed E-state index contributed by atoms with van der Waals surface area (Å²) in [5, 5.41) is 3.00. The summed E-state index contributed by atoms with van der Waals surface area (Å²) in [5.41, 5.74) is 0.248. The van der Waals surface area contributed by atoms with Gasteiger partial charge in [0.2, 0.25) is 0 Å². The molecule has 0 radical (unpaired) electrons. The zero-order chi connectivity index (χ0) is 14.2. The number of halogens is 1. The Hall–Kier alpha value is -2.14. The average molecular weight is 292 g/mol. The maximum Gasteiger partial charge on any atom is 0.271 e. The van der Waals surface area contributed by atoms with Crippen LogP contribution in [0.2, 0.25) is 5.15 Å². The number of benzene rings is 1. The summed E-state index contributed by atoms with van der Waals surface area (Å²) in [6.07, 6.45) is 3.40. The Morgan fingerprint density at radius 2 is 2.00 bits per heavy atom. The lowest BCUT2D eigenvalue weighted by Gasteiger charge is -2.06. The smallest absolute Gasteiger partial charge is 0.271 e. The second kappa shape index (κ2) is 7.45. The second-order valence-corrected chi connectivity index (χ2v) is 4.38. The lowest BCUT2D eigenvalue weighted by atomic mass is 10.3. The highest BCUT2D eigenvalue weighted by Crippen LogP contribution is 2.08. The van der Waals surface area contributed by atoms with Crippen molar-refractivity contribution in [3.8, 4) is 5.75 Å². The van der Waals surface area contributed by atoms with Crippen molar-refractivity contribution in [2.75, 3.05) is 13.2 Å². The van der Waals surface area contributed by atoms with E-state index in [2.05, 4.69) is 15.3 Å². The molecule has 0 saturated heterocycles. The molecule has 20 heavy (non-hydrogen) atoms. The van der Waals surface area contributed by atoms with Crippen LogP contribution in [0.3, 0.4) is 0 Å². The van der Waals surface area contributed by atoms with Gasteiger partial charge in [0, 0.05) is 6.54 Å². The second-order valence-electron chi connectivity index (χ2n) is 4.00. The van der Waals surface area contributed by atoms with E-state index in [1.807, 2.05) is 30.3 Å². The van der Waals surface area contributed by atoms with Crippen LogP contribution in [0, 0.1) is 0 Å². The molecule has 2 aromatic rings. The van der Waals surface area contributed by atoms with Crippen LogP contribution < -0.4 is 10.1 Å². The van der Waals surface area contributed by atoms with Crippen molar-refractivity contribution in [2.45, 2.75) is 6.42 Å². The van der Waals surface area contributed by atoms with E-state index < -0.39 is 0 Å². The van der Waals surface area contributed by atoms with E-state index in [-0.39, 0.29) is 16.8 Å². The predicted molar refractivity (Wildman–Crippen MR) is 75.9 cm³/mol. The van der Waals surface area contributed by atoms with E-state index in [1.165, 1.54) is 12.4 Å². The van der Waals surface area contributed by atoms with Crippen LogP contribution in [-0.2, 0) is 0 Å². The summed E-state index contributed by atoms with van der Waals surface area (Å²) in [4.78, 5) is 19.4. The Labute approximate surface area is 122 Å². The fraction of sp³-hybridized carbons (Fsp3) is 0.214. The number of nitrogens with one attached hydrogen (secondary N) is 1. The van der Waals surface area contributed by atoms with Gasteiger partial charge in [0.1, 0.15) is 16.6 Å². The fourth-order valence-corrected chi connectivity index (χ4v) is 1.60. The highest BCUT2D eigenvalue weighted by molar-refractivity contribution is 6.29. The number of hydrogen-bond acceptors (Lipinski definition) is 4. The summed E-state index contributed by atoms with van der Waals surface area (Å²) in [5.74, 6) is 0.552. The molecule has 0 spiro atoms. The van der Waals surface area contributed by atoms with E-state index in [0.717, 1.165) is 5.75 Å². The first-order valence-electron chi connectivity index (χ1n) is 6.19. The molecule has 6 heteroatoms. The van der Waals surface area contributed by atoms with Crippen LogP contribution in [-0.4, -0.2) is 29.0 Å². The molecule has 0 atom stereocenters. The van der Waals surface area contributed by atoms with Crippen LogP contribution in [0.25, 0.3) is 0 Å². The Kier molecular flexibility index (Phi) is 5.32. The molecule has 0 bridgehead atoms. The summed E-state index contributed by atoms with van der Waals surface area (Å²) in [6, 6.07) is 9.54. The lowest BCUT2D eigenvalue weighted by molar-refractivity contribution is 0.0946. The normalized spacial score (nSPS) is 10.1. The van der Waals surface area contributed by atoms with Gasteiger partial charge in [0.05, 0.1) is 19.0 Å². The minimum absolute atomic E-state index is 0.248. The van der Waals surface area contributed by atoms with E-state index in [0.29, 0.717) is 19.6 Å².